The Morgan fingerprint density at radius 2 is 1.85 bits per heavy atom. The Balaban J connectivity index is 1.95. The molecule has 2 heterocycles. The maximum Gasteiger partial charge on any atom is 0.416 e. The van der Waals surface area contributed by atoms with E-state index in [2.05, 4.69) is 4.98 Å². The van der Waals surface area contributed by atoms with E-state index in [1.54, 1.807) is 36.1 Å². The van der Waals surface area contributed by atoms with Gasteiger partial charge in [-0.3, -0.25) is 18.7 Å². The lowest BCUT2D eigenvalue weighted by atomic mass is 10.0. The number of rotatable bonds is 6. The van der Waals surface area contributed by atoms with E-state index in [1.165, 1.54) is 33.0 Å². The van der Waals surface area contributed by atoms with Gasteiger partial charge in [0.15, 0.2) is 0 Å². The van der Waals surface area contributed by atoms with Crippen molar-refractivity contribution in [2.75, 3.05) is 7.05 Å². The molecule has 13 heteroatoms. The molecular weight excluding hydrogens is 519 g/mol. The first-order chi connectivity index (χ1) is 18.2. The number of hydrogen-bond acceptors (Lipinski definition) is 5. The lowest BCUT2D eigenvalue weighted by molar-refractivity contribution is -0.141. The van der Waals surface area contributed by atoms with Gasteiger partial charge >= 0.3 is 17.8 Å². The third kappa shape index (κ3) is 4.94. The van der Waals surface area contributed by atoms with Crippen molar-refractivity contribution in [1.82, 2.24) is 23.6 Å². The normalized spacial score (nSPS) is 12.5. The summed E-state index contributed by atoms with van der Waals surface area (Å²) in [5.41, 5.74) is -2.06. The number of alkyl halides is 3. The Hall–Kier alpha value is -4.68. The van der Waals surface area contributed by atoms with Crippen molar-refractivity contribution in [3.8, 4) is 5.69 Å². The van der Waals surface area contributed by atoms with Crippen LogP contribution in [-0.4, -0.2) is 53.7 Å². The van der Waals surface area contributed by atoms with Crippen LogP contribution in [0.5, 0.6) is 0 Å². The van der Waals surface area contributed by atoms with Gasteiger partial charge in [0.25, 0.3) is 11.5 Å². The second-order valence-electron chi connectivity index (χ2n) is 9.13. The number of aliphatic carboxylic acids is 1. The van der Waals surface area contributed by atoms with E-state index in [-0.39, 0.29) is 16.8 Å². The molecule has 0 saturated carbocycles. The third-order valence-electron chi connectivity index (χ3n) is 6.73. The number of likely N-dealkylation sites (N-methyl/N-ethyl adjacent to an activating group) is 1. The number of carbonyl (C=O) groups excluding carboxylic acids is 1. The van der Waals surface area contributed by atoms with Gasteiger partial charge in [0.2, 0.25) is 0 Å². The van der Waals surface area contributed by atoms with E-state index < -0.39 is 53.0 Å². The molecule has 1 atom stereocenters. The number of aromatic nitrogens is 4. The van der Waals surface area contributed by atoms with Crippen LogP contribution in [0.1, 0.15) is 34.0 Å². The topological polar surface area (TPSA) is 119 Å². The van der Waals surface area contributed by atoms with Gasteiger partial charge in [-0.05, 0) is 49.2 Å². The molecule has 0 aliphatic carbocycles. The minimum Gasteiger partial charge on any atom is -0.480 e. The molecule has 0 bridgehead atoms. The summed E-state index contributed by atoms with van der Waals surface area (Å²) >= 11 is 0. The lowest BCUT2D eigenvalue weighted by Crippen LogP contribution is -2.47. The van der Waals surface area contributed by atoms with Crippen LogP contribution in [0.15, 0.2) is 58.5 Å². The summed E-state index contributed by atoms with van der Waals surface area (Å²) in [6.45, 7) is 1.92. The average Bonchev–Trinajstić information content (AvgIpc) is 3.25. The molecule has 0 spiro atoms. The van der Waals surface area contributed by atoms with Gasteiger partial charge in [-0.15, -0.1) is 0 Å². The second kappa shape index (κ2) is 9.89. The number of hydrogen-bond donors (Lipinski definition) is 1. The number of imidazole rings is 1. The fraction of sp³-hybridized carbons (Fsp3) is 0.269. The van der Waals surface area contributed by atoms with Gasteiger partial charge in [0, 0.05) is 20.3 Å². The van der Waals surface area contributed by atoms with Crippen LogP contribution in [0, 0.1) is 6.92 Å². The molecule has 0 aliphatic heterocycles. The van der Waals surface area contributed by atoms with Crippen molar-refractivity contribution in [3.05, 3.63) is 92.0 Å². The molecule has 204 valence electrons. The van der Waals surface area contributed by atoms with Crippen molar-refractivity contribution < 1.29 is 27.9 Å². The van der Waals surface area contributed by atoms with Gasteiger partial charge < -0.3 is 14.6 Å². The number of nitrogens with zero attached hydrogens (tertiary/aromatic N) is 5. The first-order valence-electron chi connectivity index (χ1n) is 11.7. The van der Waals surface area contributed by atoms with Crippen LogP contribution in [-0.2, 0) is 24.6 Å². The summed E-state index contributed by atoms with van der Waals surface area (Å²) < 4.78 is 43.9. The van der Waals surface area contributed by atoms with E-state index in [1.807, 2.05) is 0 Å². The highest BCUT2D eigenvalue weighted by Gasteiger charge is 2.33. The van der Waals surface area contributed by atoms with Crippen LogP contribution in [0.3, 0.4) is 0 Å². The number of aryl methyl sites for hydroxylation is 1. The van der Waals surface area contributed by atoms with Crippen molar-refractivity contribution >= 4 is 22.9 Å². The molecule has 0 radical (unpaired) electrons. The van der Waals surface area contributed by atoms with Crippen molar-refractivity contribution in [1.29, 1.82) is 0 Å². The summed E-state index contributed by atoms with van der Waals surface area (Å²) in [4.78, 5) is 56.8. The molecular formula is C26H24F3N5O5. The van der Waals surface area contributed by atoms with Crippen molar-refractivity contribution in [3.63, 3.8) is 0 Å². The molecule has 0 saturated heterocycles. The summed E-state index contributed by atoms with van der Waals surface area (Å²) in [5, 5.41) is 9.34. The summed E-state index contributed by atoms with van der Waals surface area (Å²) in [6.07, 6.45) is -2.08. The molecule has 2 aromatic carbocycles. The van der Waals surface area contributed by atoms with Gasteiger partial charge in [0.1, 0.15) is 11.6 Å². The average molecular weight is 544 g/mol. The Morgan fingerprint density at radius 3 is 2.49 bits per heavy atom. The van der Waals surface area contributed by atoms with Crippen molar-refractivity contribution in [2.24, 2.45) is 7.05 Å². The number of benzene rings is 2. The van der Waals surface area contributed by atoms with E-state index in [0.29, 0.717) is 10.1 Å². The highest BCUT2D eigenvalue weighted by molar-refractivity contribution is 5.96. The van der Waals surface area contributed by atoms with Crippen LogP contribution in [0.2, 0.25) is 0 Å². The molecule has 4 aromatic rings. The highest BCUT2D eigenvalue weighted by Crippen LogP contribution is 2.33. The molecule has 0 aliphatic rings. The van der Waals surface area contributed by atoms with E-state index >= 15 is 0 Å². The zero-order chi connectivity index (χ0) is 28.8. The maximum atomic E-state index is 13.6. The largest absolute Gasteiger partial charge is 0.480 e. The van der Waals surface area contributed by atoms with Crippen LogP contribution >= 0.6 is 0 Å². The number of amides is 1. The molecule has 39 heavy (non-hydrogen) atoms. The predicted molar refractivity (Wildman–Crippen MR) is 135 cm³/mol. The first-order valence-corrected chi connectivity index (χ1v) is 11.7. The summed E-state index contributed by atoms with van der Waals surface area (Å²) in [6, 6.07) is 6.91. The highest BCUT2D eigenvalue weighted by atomic mass is 19.4. The Labute approximate surface area is 219 Å². The van der Waals surface area contributed by atoms with E-state index in [4.69, 9.17) is 0 Å². The summed E-state index contributed by atoms with van der Waals surface area (Å²) in [5.74, 6) is -2.29. The van der Waals surface area contributed by atoms with Gasteiger partial charge in [-0.25, -0.2) is 14.6 Å². The van der Waals surface area contributed by atoms with E-state index in [9.17, 15) is 37.5 Å². The third-order valence-corrected chi connectivity index (χ3v) is 6.73. The Morgan fingerprint density at radius 1 is 1.15 bits per heavy atom. The fourth-order valence-corrected chi connectivity index (χ4v) is 4.21. The fourth-order valence-electron chi connectivity index (χ4n) is 4.21. The SMILES string of the molecule is Cc1c(Cn2c(=O)c(C(=O)N(C)[C@@H](C)C(=O)O)cn(-c3ccc4c(c3)ncn4C)c2=O)cccc1C(F)(F)F. The molecule has 2 aromatic heterocycles. The Bertz CT molecular complexity index is 1730. The van der Waals surface area contributed by atoms with E-state index in [0.717, 1.165) is 27.2 Å². The monoisotopic (exact) mass is 543 g/mol. The summed E-state index contributed by atoms with van der Waals surface area (Å²) in [7, 11) is 2.96. The number of fused-ring (bicyclic) bond motifs is 1. The maximum absolute atomic E-state index is 13.6. The standard InChI is InChI=1S/C26H24F3N5O5/c1-14-16(6-5-7-19(14)26(27,28)29)11-34-23(36)18(22(35)32(4)15(2)24(37)38)12-33(25(34)39)17-8-9-21-20(10-17)30-13-31(21)3/h5-10,12-13,15H,11H2,1-4H3,(H,37,38)/t15-/m0/s1. The van der Waals surface area contributed by atoms with Crippen molar-refractivity contribution in [2.45, 2.75) is 32.6 Å². The molecule has 1 N–H and O–H groups in total. The van der Waals surface area contributed by atoms with Gasteiger partial charge in [0.05, 0.1) is 35.2 Å². The molecule has 0 fully saturated rings. The van der Waals surface area contributed by atoms with Crippen LogP contribution in [0.25, 0.3) is 16.7 Å². The zero-order valence-corrected chi connectivity index (χ0v) is 21.4. The molecule has 1 amide bonds. The van der Waals surface area contributed by atoms with Gasteiger partial charge in [-0.2, -0.15) is 13.2 Å². The van der Waals surface area contributed by atoms with Gasteiger partial charge in [-0.1, -0.05) is 12.1 Å². The Kier molecular flexibility index (Phi) is 6.94. The van der Waals surface area contributed by atoms with Crippen LogP contribution in [0.4, 0.5) is 13.2 Å². The van der Waals surface area contributed by atoms with Crippen LogP contribution < -0.4 is 11.2 Å². The minimum atomic E-state index is -4.66. The number of carboxylic acid groups (broad SMARTS) is 1. The number of halogens is 3. The zero-order valence-electron chi connectivity index (χ0n) is 21.4. The first kappa shape index (κ1) is 27.4. The smallest absolute Gasteiger partial charge is 0.416 e. The number of carboxylic acids is 1. The molecule has 10 nitrogen and oxygen atoms in total. The minimum absolute atomic E-state index is 0.0487. The quantitative estimate of drug-likeness (QED) is 0.400. The molecule has 4 rings (SSSR count). The predicted octanol–water partition coefficient (Wildman–Crippen LogP) is 2.81. The number of carbonyl (C=O) groups is 2. The lowest BCUT2D eigenvalue weighted by Gasteiger charge is -2.22. The molecule has 0 unspecified atom stereocenters. The second-order valence-corrected chi connectivity index (χ2v) is 9.13.